The zero-order chi connectivity index (χ0) is 22.8. The third kappa shape index (κ3) is 4.37. The lowest BCUT2D eigenvalue weighted by Crippen LogP contribution is -2.49. The lowest BCUT2D eigenvalue weighted by Gasteiger charge is -2.34. The van der Waals surface area contributed by atoms with E-state index in [1.165, 1.54) is 40.7 Å². The van der Waals surface area contributed by atoms with Crippen molar-refractivity contribution in [3.63, 3.8) is 0 Å². The van der Waals surface area contributed by atoms with E-state index in [9.17, 15) is 14.0 Å². The average Bonchev–Trinajstić information content (AvgIpc) is 3.27. The monoisotopic (exact) mass is 447 g/mol. The van der Waals surface area contributed by atoms with Gasteiger partial charge >= 0.3 is 0 Å². The molecule has 1 saturated heterocycles. The Labute approximate surface area is 188 Å². The fourth-order valence-electron chi connectivity index (χ4n) is 3.96. The largest absolute Gasteiger partial charge is 0.339 e. The highest BCUT2D eigenvalue weighted by Gasteiger charge is 2.23. The number of carbonyl (C=O) groups is 1. The summed E-state index contributed by atoms with van der Waals surface area (Å²) >= 11 is 0. The van der Waals surface area contributed by atoms with Crippen LogP contribution in [0, 0.1) is 5.82 Å². The molecule has 0 aliphatic carbocycles. The maximum absolute atomic E-state index is 13.2. The molecule has 168 valence electrons. The van der Waals surface area contributed by atoms with Crippen LogP contribution in [0.1, 0.15) is 5.56 Å². The Bertz CT molecular complexity index is 1330. The summed E-state index contributed by atoms with van der Waals surface area (Å²) in [5.74, 6) is -0.542. The van der Waals surface area contributed by atoms with Crippen LogP contribution in [0.15, 0.2) is 65.6 Å². The van der Waals surface area contributed by atoms with Crippen molar-refractivity contribution in [2.45, 2.75) is 13.1 Å². The molecule has 3 heterocycles. The number of halogens is 1. The SMILES string of the molecule is O=C(Cn1nnc2c(cnn2-c2ccc(F)cc2)c1=O)N1CCN(Cc2ccccc2)CC1. The minimum atomic E-state index is -0.440. The van der Waals surface area contributed by atoms with Gasteiger partial charge in [0.25, 0.3) is 5.56 Å². The normalized spacial score (nSPS) is 14.6. The highest BCUT2D eigenvalue weighted by Crippen LogP contribution is 2.14. The molecule has 2 aromatic carbocycles. The summed E-state index contributed by atoms with van der Waals surface area (Å²) in [4.78, 5) is 29.7. The standard InChI is InChI=1S/C23H22FN7O2/c24-18-6-8-19(9-7-18)31-22-20(14-25-31)23(33)30(27-26-22)16-21(32)29-12-10-28(11-13-29)15-17-4-2-1-3-5-17/h1-9,14H,10-13,15-16H2. The lowest BCUT2D eigenvalue weighted by molar-refractivity contribution is -0.134. The first-order valence-electron chi connectivity index (χ1n) is 10.7. The first kappa shape index (κ1) is 21.0. The number of piperazine rings is 1. The molecule has 5 rings (SSSR count). The van der Waals surface area contributed by atoms with Crippen LogP contribution in [0.3, 0.4) is 0 Å². The molecule has 4 aromatic rings. The van der Waals surface area contributed by atoms with E-state index < -0.39 is 5.56 Å². The van der Waals surface area contributed by atoms with Crippen molar-refractivity contribution in [3.8, 4) is 5.69 Å². The van der Waals surface area contributed by atoms with Crippen molar-refractivity contribution in [3.05, 3.63) is 82.5 Å². The summed E-state index contributed by atoms with van der Waals surface area (Å²) in [5.41, 5.74) is 1.62. The summed E-state index contributed by atoms with van der Waals surface area (Å²) in [7, 11) is 0. The Morgan fingerprint density at radius 1 is 0.970 bits per heavy atom. The van der Waals surface area contributed by atoms with Crippen molar-refractivity contribution in [1.82, 2.24) is 34.6 Å². The summed E-state index contributed by atoms with van der Waals surface area (Å²) in [5, 5.41) is 12.5. The molecule has 2 aromatic heterocycles. The van der Waals surface area contributed by atoms with Gasteiger partial charge in [-0.3, -0.25) is 14.5 Å². The highest BCUT2D eigenvalue weighted by atomic mass is 19.1. The molecule has 0 bridgehead atoms. The van der Waals surface area contributed by atoms with Crippen LogP contribution in [0.2, 0.25) is 0 Å². The molecule has 1 aliphatic heterocycles. The van der Waals surface area contributed by atoms with Crippen molar-refractivity contribution in [2.24, 2.45) is 0 Å². The number of hydrogen-bond acceptors (Lipinski definition) is 6. The Morgan fingerprint density at radius 2 is 1.70 bits per heavy atom. The molecular weight excluding hydrogens is 425 g/mol. The second-order valence-corrected chi connectivity index (χ2v) is 7.96. The first-order chi connectivity index (χ1) is 16.1. The number of carbonyl (C=O) groups excluding carboxylic acids is 1. The summed E-state index contributed by atoms with van der Waals surface area (Å²) < 4.78 is 15.7. The molecule has 0 saturated carbocycles. The molecule has 0 radical (unpaired) electrons. The molecule has 9 nitrogen and oxygen atoms in total. The van der Waals surface area contributed by atoms with Crippen LogP contribution in [-0.4, -0.2) is 66.7 Å². The van der Waals surface area contributed by atoms with Gasteiger partial charge in [-0.2, -0.15) is 5.10 Å². The van der Waals surface area contributed by atoms with Crippen LogP contribution < -0.4 is 5.56 Å². The van der Waals surface area contributed by atoms with E-state index in [1.54, 1.807) is 4.90 Å². The van der Waals surface area contributed by atoms with Crippen molar-refractivity contribution < 1.29 is 9.18 Å². The highest BCUT2D eigenvalue weighted by molar-refractivity contribution is 5.77. The Morgan fingerprint density at radius 3 is 2.42 bits per heavy atom. The minimum absolute atomic E-state index is 0.170. The van der Waals surface area contributed by atoms with E-state index in [4.69, 9.17) is 0 Å². The van der Waals surface area contributed by atoms with Gasteiger partial charge in [-0.15, -0.1) is 5.10 Å². The van der Waals surface area contributed by atoms with E-state index in [1.807, 2.05) is 18.2 Å². The average molecular weight is 447 g/mol. The van der Waals surface area contributed by atoms with Gasteiger partial charge in [0, 0.05) is 32.7 Å². The predicted octanol–water partition coefficient (Wildman–Crippen LogP) is 1.46. The number of rotatable bonds is 5. The van der Waals surface area contributed by atoms with Gasteiger partial charge in [0.05, 0.1) is 11.9 Å². The van der Waals surface area contributed by atoms with Crippen molar-refractivity contribution in [1.29, 1.82) is 0 Å². The Kier molecular flexibility index (Phi) is 5.66. The fourth-order valence-corrected chi connectivity index (χ4v) is 3.96. The number of benzene rings is 2. The minimum Gasteiger partial charge on any atom is -0.339 e. The van der Waals surface area contributed by atoms with Gasteiger partial charge in [-0.05, 0) is 29.8 Å². The number of hydrogen-bond donors (Lipinski definition) is 0. The zero-order valence-corrected chi connectivity index (χ0v) is 17.8. The summed E-state index contributed by atoms with van der Waals surface area (Å²) in [6.07, 6.45) is 1.39. The first-order valence-corrected chi connectivity index (χ1v) is 10.7. The molecule has 1 fully saturated rings. The molecule has 0 spiro atoms. The van der Waals surface area contributed by atoms with E-state index in [0.717, 1.165) is 24.3 Å². The smallest absolute Gasteiger partial charge is 0.281 e. The molecule has 0 atom stereocenters. The Hall–Kier alpha value is -3.92. The lowest BCUT2D eigenvalue weighted by atomic mass is 10.2. The Balaban J connectivity index is 1.26. The molecular formula is C23H22FN7O2. The second-order valence-electron chi connectivity index (χ2n) is 7.96. The molecule has 10 heteroatoms. The van der Waals surface area contributed by atoms with E-state index in [2.05, 4.69) is 32.4 Å². The third-order valence-electron chi connectivity index (χ3n) is 5.79. The third-order valence-corrected chi connectivity index (χ3v) is 5.79. The molecule has 1 aliphatic rings. The van der Waals surface area contributed by atoms with E-state index >= 15 is 0 Å². The topological polar surface area (TPSA) is 89.1 Å². The van der Waals surface area contributed by atoms with Gasteiger partial charge in [0.1, 0.15) is 17.7 Å². The van der Waals surface area contributed by atoms with Crippen LogP contribution in [-0.2, 0) is 17.9 Å². The van der Waals surface area contributed by atoms with Crippen LogP contribution in [0.25, 0.3) is 16.7 Å². The molecule has 0 N–H and O–H groups in total. The maximum Gasteiger partial charge on any atom is 0.281 e. The molecule has 0 unspecified atom stereocenters. The van der Waals surface area contributed by atoms with Gasteiger partial charge < -0.3 is 4.90 Å². The number of nitrogens with zero attached hydrogens (tertiary/aromatic N) is 7. The zero-order valence-electron chi connectivity index (χ0n) is 17.8. The summed E-state index contributed by atoms with van der Waals surface area (Å²) in [6, 6.07) is 15.9. The maximum atomic E-state index is 13.2. The van der Waals surface area contributed by atoms with Crippen molar-refractivity contribution >= 4 is 16.9 Å². The second kappa shape index (κ2) is 8.91. The number of aromatic nitrogens is 5. The number of fused-ring (bicyclic) bond motifs is 1. The van der Waals surface area contributed by atoms with Gasteiger partial charge in [0.15, 0.2) is 5.65 Å². The van der Waals surface area contributed by atoms with E-state index in [0.29, 0.717) is 18.8 Å². The number of amides is 1. The van der Waals surface area contributed by atoms with E-state index in [-0.39, 0.29) is 29.3 Å². The van der Waals surface area contributed by atoms with Crippen molar-refractivity contribution in [2.75, 3.05) is 26.2 Å². The quantitative estimate of drug-likeness (QED) is 0.460. The van der Waals surface area contributed by atoms with Crippen LogP contribution >= 0.6 is 0 Å². The predicted molar refractivity (Wildman–Crippen MR) is 119 cm³/mol. The molecule has 1 amide bonds. The van der Waals surface area contributed by atoms with Crippen LogP contribution in [0.4, 0.5) is 4.39 Å². The molecule has 33 heavy (non-hydrogen) atoms. The van der Waals surface area contributed by atoms with Gasteiger partial charge in [0.2, 0.25) is 5.91 Å². The van der Waals surface area contributed by atoms with Gasteiger partial charge in [-0.1, -0.05) is 35.5 Å². The van der Waals surface area contributed by atoms with Crippen LogP contribution in [0.5, 0.6) is 0 Å². The summed E-state index contributed by atoms with van der Waals surface area (Å²) in [6.45, 7) is 3.40. The van der Waals surface area contributed by atoms with Gasteiger partial charge in [-0.25, -0.2) is 13.8 Å². The fraction of sp³-hybridized carbons (Fsp3) is 0.261.